The third-order valence-corrected chi connectivity index (χ3v) is 2.39. The average Bonchev–Trinajstić information content (AvgIpc) is 2.67. The van der Waals surface area contributed by atoms with E-state index in [-0.39, 0.29) is 0 Å². The summed E-state index contributed by atoms with van der Waals surface area (Å²) < 4.78 is 1.97. The first-order chi connectivity index (χ1) is 6.40. The highest BCUT2D eigenvalue weighted by atomic mass is 15.4. The second-order valence-electron chi connectivity index (χ2n) is 3.27. The molecule has 0 saturated carbocycles. The van der Waals surface area contributed by atoms with Gasteiger partial charge in [0.15, 0.2) is 5.82 Å². The predicted octanol–water partition coefficient (Wildman–Crippen LogP) is 0.313. The molecule has 4 nitrogen and oxygen atoms in total. The molecule has 1 aromatic rings. The largest absolute Gasteiger partial charge is 0.353 e. The highest BCUT2D eigenvalue weighted by Crippen LogP contribution is 2.10. The second-order valence-corrected chi connectivity index (χ2v) is 3.27. The van der Waals surface area contributed by atoms with Crippen molar-refractivity contribution in [1.29, 1.82) is 0 Å². The van der Waals surface area contributed by atoms with Crippen molar-refractivity contribution >= 4 is 5.82 Å². The Hall–Kier alpha value is -1.03. The Labute approximate surface area is 78.5 Å². The molecule has 1 saturated heterocycles. The van der Waals surface area contributed by atoms with Crippen molar-refractivity contribution in [1.82, 2.24) is 15.1 Å². The number of hydrogen-bond donors (Lipinski definition) is 1. The Bertz CT molecular complexity index is 262. The Morgan fingerprint density at radius 3 is 2.85 bits per heavy atom. The maximum atomic E-state index is 4.47. The number of nitrogens with zero attached hydrogens (tertiary/aromatic N) is 3. The first kappa shape index (κ1) is 8.56. The fraction of sp³-hybridized carbons (Fsp3) is 0.667. The van der Waals surface area contributed by atoms with Crippen LogP contribution < -0.4 is 10.2 Å². The van der Waals surface area contributed by atoms with Gasteiger partial charge < -0.3 is 10.2 Å². The summed E-state index contributed by atoms with van der Waals surface area (Å²) in [6, 6.07) is 2.09. The molecule has 2 heterocycles. The molecule has 72 valence electrons. The molecule has 1 aliphatic rings. The minimum Gasteiger partial charge on any atom is -0.353 e. The van der Waals surface area contributed by atoms with E-state index in [1.54, 1.807) is 0 Å². The molecule has 1 N–H and O–H groups in total. The maximum Gasteiger partial charge on any atom is 0.150 e. The molecule has 0 unspecified atom stereocenters. The molecule has 0 bridgehead atoms. The Kier molecular flexibility index (Phi) is 2.49. The minimum absolute atomic E-state index is 0.950. The Balaban J connectivity index is 2.05. The van der Waals surface area contributed by atoms with Crippen LogP contribution in [0.2, 0.25) is 0 Å². The summed E-state index contributed by atoms with van der Waals surface area (Å²) >= 11 is 0. The summed E-state index contributed by atoms with van der Waals surface area (Å²) in [5.41, 5.74) is 0. The van der Waals surface area contributed by atoms with Gasteiger partial charge in [-0.3, -0.25) is 4.68 Å². The molecule has 1 aliphatic heterocycles. The van der Waals surface area contributed by atoms with Gasteiger partial charge in [-0.25, -0.2) is 0 Å². The van der Waals surface area contributed by atoms with Gasteiger partial charge in [0.2, 0.25) is 0 Å². The van der Waals surface area contributed by atoms with E-state index in [1.807, 2.05) is 10.9 Å². The van der Waals surface area contributed by atoms with Crippen LogP contribution in [-0.2, 0) is 6.54 Å². The summed E-state index contributed by atoms with van der Waals surface area (Å²) in [4.78, 5) is 2.32. The van der Waals surface area contributed by atoms with Crippen LogP contribution in [0.25, 0.3) is 0 Å². The molecule has 0 spiro atoms. The van der Waals surface area contributed by atoms with Gasteiger partial charge in [-0.2, -0.15) is 5.10 Å². The van der Waals surface area contributed by atoms with Gasteiger partial charge in [0.1, 0.15) is 0 Å². The van der Waals surface area contributed by atoms with Crippen LogP contribution in [0, 0.1) is 0 Å². The SMILES string of the molecule is CCn1ccc(N2CCNCC2)n1. The number of rotatable bonds is 2. The highest BCUT2D eigenvalue weighted by Gasteiger charge is 2.11. The van der Waals surface area contributed by atoms with Crippen molar-refractivity contribution in [2.45, 2.75) is 13.5 Å². The van der Waals surface area contributed by atoms with E-state index in [2.05, 4.69) is 28.3 Å². The first-order valence-electron chi connectivity index (χ1n) is 4.89. The average molecular weight is 180 g/mol. The van der Waals surface area contributed by atoms with Gasteiger partial charge in [-0.15, -0.1) is 0 Å². The van der Waals surface area contributed by atoms with Crippen LogP contribution in [0.4, 0.5) is 5.82 Å². The van der Waals surface area contributed by atoms with Crippen LogP contribution in [0.1, 0.15) is 6.92 Å². The van der Waals surface area contributed by atoms with Gasteiger partial charge in [0.25, 0.3) is 0 Å². The fourth-order valence-electron chi connectivity index (χ4n) is 1.59. The van der Waals surface area contributed by atoms with E-state index in [0.717, 1.165) is 38.5 Å². The van der Waals surface area contributed by atoms with Crippen molar-refractivity contribution in [2.24, 2.45) is 0 Å². The van der Waals surface area contributed by atoms with Crippen LogP contribution >= 0.6 is 0 Å². The van der Waals surface area contributed by atoms with Crippen molar-refractivity contribution in [3.63, 3.8) is 0 Å². The smallest absolute Gasteiger partial charge is 0.150 e. The standard InChI is InChI=1S/C9H16N4/c1-2-13-6-3-9(11-13)12-7-4-10-5-8-12/h3,6,10H,2,4-5,7-8H2,1H3. The molecule has 0 atom stereocenters. The number of aryl methyl sites for hydroxylation is 1. The summed E-state index contributed by atoms with van der Waals surface area (Å²) in [7, 11) is 0. The quantitative estimate of drug-likeness (QED) is 0.711. The second kappa shape index (κ2) is 3.79. The monoisotopic (exact) mass is 180 g/mol. The molecule has 1 aromatic heterocycles. The van der Waals surface area contributed by atoms with Gasteiger partial charge in [0, 0.05) is 45.0 Å². The summed E-state index contributed by atoms with van der Waals surface area (Å²) in [5, 5.41) is 7.80. The Morgan fingerprint density at radius 1 is 1.46 bits per heavy atom. The molecule has 0 radical (unpaired) electrons. The topological polar surface area (TPSA) is 33.1 Å². The van der Waals surface area contributed by atoms with Gasteiger partial charge in [-0.1, -0.05) is 0 Å². The van der Waals surface area contributed by atoms with Gasteiger partial charge in [-0.05, 0) is 6.92 Å². The lowest BCUT2D eigenvalue weighted by atomic mass is 10.3. The van der Waals surface area contributed by atoms with E-state index in [0.29, 0.717) is 0 Å². The molecule has 0 amide bonds. The van der Waals surface area contributed by atoms with E-state index in [1.165, 1.54) is 0 Å². The fourth-order valence-corrected chi connectivity index (χ4v) is 1.59. The van der Waals surface area contributed by atoms with Crippen LogP contribution in [-0.4, -0.2) is 36.0 Å². The van der Waals surface area contributed by atoms with Gasteiger partial charge in [0.05, 0.1) is 0 Å². The molecule has 1 fully saturated rings. The summed E-state index contributed by atoms with van der Waals surface area (Å²) in [6.45, 7) is 7.33. The van der Waals surface area contributed by atoms with Crippen LogP contribution in [0.3, 0.4) is 0 Å². The molecular weight excluding hydrogens is 164 g/mol. The number of aromatic nitrogens is 2. The van der Waals surface area contributed by atoms with Crippen molar-refractivity contribution < 1.29 is 0 Å². The number of anilines is 1. The lowest BCUT2D eigenvalue weighted by molar-refractivity contribution is 0.576. The van der Waals surface area contributed by atoms with E-state index >= 15 is 0 Å². The zero-order chi connectivity index (χ0) is 9.10. The normalized spacial score (nSPS) is 17.8. The zero-order valence-electron chi connectivity index (χ0n) is 8.03. The third kappa shape index (κ3) is 1.83. The molecule has 0 aromatic carbocycles. The molecule has 2 rings (SSSR count). The highest BCUT2D eigenvalue weighted by molar-refractivity contribution is 5.37. The number of piperazine rings is 1. The van der Waals surface area contributed by atoms with Crippen molar-refractivity contribution in [3.8, 4) is 0 Å². The first-order valence-corrected chi connectivity index (χ1v) is 4.89. The van der Waals surface area contributed by atoms with E-state index in [4.69, 9.17) is 0 Å². The molecule has 0 aliphatic carbocycles. The lowest BCUT2D eigenvalue weighted by Gasteiger charge is -2.27. The van der Waals surface area contributed by atoms with Gasteiger partial charge >= 0.3 is 0 Å². The van der Waals surface area contributed by atoms with Crippen molar-refractivity contribution in [3.05, 3.63) is 12.3 Å². The zero-order valence-corrected chi connectivity index (χ0v) is 8.03. The van der Waals surface area contributed by atoms with E-state index in [9.17, 15) is 0 Å². The van der Waals surface area contributed by atoms with Crippen molar-refractivity contribution in [2.75, 3.05) is 31.1 Å². The summed E-state index contributed by atoms with van der Waals surface area (Å²) in [6.07, 6.45) is 2.04. The Morgan fingerprint density at radius 2 is 2.23 bits per heavy atom. The number of hydrogen-bond acceptors (Lipinski definition) is 3. The number of nitrogens with one attached hydrogen (secondary N) is 1. The van der Waals surface area contributed by atoms with Crippen LogP contribution in [0.5, 0.6) is 0 Å². The summed E-state index contributed by atoms with van der Waals surface area (Å²) in [5.74, 6) is 1.11. The molecular formula is C9H16N4. The predicted molar refractivity (Wildman–Crippen MR) is 53.0 cm³/mol. The third-order valence-electron chi connectivity index (χ3n) is 2.39. The lowest BCUT2D eigenvalue weighted by Crippen LogP contribution is -2.43. The maximum absolute atomic E-state index is 4.47. The molecule has 13 heavy (non-hydrogen) atoms. The van der Waals surface area contributed by atoms with E-state index < -0.39 is 0 Å². The minimum atomic E-state index is 0.950. The van der Waals surface area contributed by atoms with Crippen LogP contribution in [0.15, 0.2) is 12.3 Å². The molecule has 4 heteroatoms.